The van der Waals surface area contributed by atoms with E-state index in [0.29, 0.717) is 6.54 Å². The fourth-order valence-corrected chi connectivity index (χ4v) is 1.99. The van der Waals surface area contributed by atoms with Crippen LogP contribution in [0, 0.1) is 6.92 Å². The molecule has 0 spiro atoms. The first-order valence-corrected chi connectivity index (χ1v) is 7.73. The molecule has 24 heavy (non-hydrogen) atoms. The van der Waals surface area contributed by atoms with E-state index in [1.165, 1.54) is 22.1 Å². The molecule has 2 aromatic rings. The predicted octanol–water partition coefficient (Wildman–Crippen LogP) is 1.51. The van der Waals surface area contributed by atoms with Crippen molar-refractivity contribution in [2.24, 2.45) is 0 Å². The van der Waals surface area contributed by atoms with Crippen LogP contribution in [0.4, 0.5) is 10.6 Å². The molecular weight excluding hydrogens is 310 g/mol. The van der Waals surface area contributed by atoms with Gasteiger partial charge in [0, 0.05) is 6.54 Å². The van der Waals surface area contributed by atoms with E-state index >= 15 is 0 Å². The number of rotatable bonds is 7. The maximum atomic E-state index is 11.9. The summed E-state index contributed by atoms with van der Waals surface area (Å²) >= 11 is 0. The van der Waals surface area contributed by atoms with Crippen molar-refractivity contribution < 1.29 is 14.3 Å². The number of hydrogen-bond acceptors (Lipinski definition) is 5. The number of amides is 2. The van der Waals surface area contributed by atoms with Crippen LogP contribution < -0.4 is 10.6 Å². The molecule has 0 saturated carbocycles. The Labute approximate surface area is 140 Å². The van der Waals surface area contributed by atoms with Crippen molar-refractivity contribution in [1.82, 2.24) is 20.3 Å². The highest BCUT2D eigenvalue weighted by Crippen LogP contribution is 2.03. The summed E-state index contributed by atoms with van der Waals surface area (Å²) in [5, 5.41) is 13.1. The van der Waals surface area contributed by atoms with Crippen LogP contribution in [0.5, 0.6) is 0 Å². The van der Waals surface area contributed by atoms with Crippen LogP contribution in [-0.2, 0) is 22.5 Å². The normalized spacial score (nSPS) is 10.2. The lowest BCUT2D eigenvalue weighted by atomic mass is 10.1. The van der Waals surface area contributed by atoms with Crippen LogP contribution in [0.3, 0.4) is 0 Å². The van der Waals surface area contributed by atoms with E-state index in [4.69, 9.17) is 4.74 Å². The van der Waals surface area contributed by atoms with E-state index in [2.05, 4.69) is 20.8 Å². The molecule has 0 unspecified atom stereocenters. The van der Waals surface area contributed by atoms with Gasteiger partial charge in [0.15, 0.2) is 5.82 Å². The van der Waals surface area contributed by atoms with Crippen LogP contribution in [0.25, 0.3) is 0 Å². The molecule has 0 aliphatic rings. The first kappa shape index (κ1) is 17.5. The topological polar surface area (TPSA) is 98.1 Å². The number of aryl methyl sites for hydroxylation is 1. The Bertz CT molecular complexity index is 681. The van der Waals surface area contributed by atoms with E-state index < -0.39 is 6.09 Å². The fourth-order valence-electron chi connectivity index (χ4n) is 1.99. The Morgan fingerprint density at radius 1 is 1.25 bits per heavy atom. The smallest absolute Gasteiger partial charge is 0.412 e. The number of anilines is 1. The van der Waals surface area contributed by atoms with Crippen LogP contribution in [-0.4, -0.2) is 40.1 Å². The molecule has 2 rings (SSSR count). The van der Waals surface area contributed by atoms with Gasteiger partial charge in [-0.1, -0.05) is 29.8 Å². The predicted molar refractivity (Wildman–Crippen MR) is 88.6 cm³/mol. The molecule has 1 aromatic heterocycles. The molecule has 0 aliphatic heterocycles. The van der Waals surface area contributed by atoms with E-state index in [-0.39, 0.29) is 24.9 Å². The zero-order valence-corrected chi connectivity index (χ0v) is 13.8. The first-order chi connectivity index (χ1) is 11.6. The van der Waals surface area contributed by atoms with Crippen molar-refractivity contribution in [3.8, 4) is 0 Å². The summed E-state index contributed by atoms with van der Waals surface area (Å²) in [6.45, 7) is 4.53. The van der Waals surface area contributed by atoms with E-state index in [1.807, 2.05) is 31.2 Å². The Kier molecular flexibility index (Phi) is 6.30. The Hall–Kier alpha value is -2.90. The summed E-state index contributed by atoms with van der Waals surface area (Å²) in [6, 6.07) is 8.18. The first-order valence-electron chi connectivity index (χ1n) is 7.73. The van der Waals surface area contributed by atoms with Gasteiger partial charge in [0.25, 0.3) is 0 Å². The SMILES string of the molecule is CCOC(=O)Nc1cnn(CC(=O)NCCc2ccc(C)cc2)n1. The van der Waals surface area contributed by atoms with Crippen LogP contribution in [0.1, 0.15) is 18.1 Å². The number of hydrogen-bond donors (Lipinski definition) is 2. The van der Waals surface area contributed by atoms with Crippen molar-refractivity contribution in [2.45, 2.75) is 26.8 Å². The Balaban J connectivity index is 1.73. The number of nitrogens with one attached hydrogen (secondary N) is 2. The van der Waals surface area contributed by atoms with E-state index in [9.17, 15) is 9.59 Å². The minimum Gasteiger partial charge on any atom is -0.450 e. The maximum Gasteiger partial charge on any atom is 0.412 e. The third kappa shape index (κ3) is 5.71. The molecule has 8 nitrogen and oxygen atoms in total. The van der Waals surface area contributed by atoms with E-state index in [0.717, 1.165) is 6.42 Å². The Morgan fingerprint density at radius 3 is 2.71 bits per heavy atom. The fraction of sp³-hybridized carbons (Fsp3) is 0.375. The molecule has 128 valence electrons. The highest BCUT2D eigenvalue weighted by Gasteiger charge is 2.08. The second-order valence-corrected chi connectivity index (χ2v) is 5.19. The van der Waals surface area contributed by atoms with E-state index in [1.54, 1.807) is 6.92 Å². The molecule has 0 fully saturated rings. The summed E-state index contributed by atoms with van der Waals surface area (Å²) in [5.74, 6) is 0.0429. The molecule has 2 N–H and O–H groups in total. The maximum absolute atomic E-state index is 11.9. The van der Waals surface area contributed by atoms with Gasteiger partial charge in [-0.3, -0.25) is 10.1 Å². The summed E-state index contributed by atoms with van der Waals surface area (Å²) in [5.41, 5.74) is 2.37. The van der Waals surface area contributed by atoms with Gasteiger partial charge in [-0.05, 0) is 25.8 Å². The molecule has 1 aromatic carbocycles. The van der Waals surface area contributed by atoms with Gasteiger partial charge in [0.05, 0.1) is 12.8 Å². The quantitative estimate of drug-likeness (QED) is 0.801. The lowest BCUT2D eigenvalue weighted by molar-refractivity contribution is -0.122. The summed E-state index contributed by atoms with van der Waals surface area (Å²) < 4.78 is 4.73. The van der Waals surface area contributed by atoms with Gasteiger partial charge in [0.2, 0.25) is 5.91 Å². The molecule has 0 radical (unpaired) electrons. The zero-order valence-electron chi connectivity index (χ0n) is 13.8. The molecule has 1 heterocycles. The summed E-state index contributed by atoms with van der Waals surface area (Å²) in [7, 11) is 0. The number of ether oxygens (including phenoxy) is 1. The molecule has 0 atom stereocenters. The van der Waals surface area contributed by atoms with Gasteiger partial charge in [-0.15, -0.1) is 5.10 Å². The number of nitrogens with zero attached hydrogens (tertiary/aromatic N) is 3. The lowest BCUT2D eigenvalue weighted by Gasteiger charge is -2.05. The minimum atomic E-state index is -0.605. The monoisotopic (exact) mass is 331 g/mol. The van der Waals surface area contributed by atoms with Crippen molar-refractivity contribution in [3.05, 3.63) is 41.6 Å². The minimum absolute atomic E-state index is 0.0155. The number of carbonyl (C=O) groups excluding carboxylic acids is 2. The summed E-state index contributed by atoms with van der Waals surface area (Å²) in [6.07, 6.45) is 1.51. The Morgan fingerprint density at radius 2 is 2.00 bits per heavy atom. The largest absolute Gasteiger partial charge is 0.450 e. The third-order valence-electron chi connectivity index (χ3n) is 3.18. The van der Waals surface area contributed by atoms with Gasteiger partial charge in [-0.25, -0.2) is 4.79 Å². The average molecular weight is 331 g/mol. The number of aromatic nitrogens is 3. The molecule has 0 saturated heterocycles. The standard InChI is InChI=1S/C16H21N5O3/c1-3-24-16(23)19-14-10-18-21(20-14)11-15(22)17-9-8-13-6-4-12(2)5-7-13/h4-7,10H,3,8-9,11H2,1-2H3,(H,17,22)(H,19,20,23). The molecule has 0 aliphatic carbocycles. The van der Waals surface area contributed by atoms with Gasteiger partial charge >= 0.3 is 6.09 Å². The molecule has 8 heteroatoms. The third-order valence-corrected chi connectivity index (χ3v) is 3.18. The van der Waals surface area contributed by atoms with Crippen LogP contribution in [0.2, 0.25) is 0 Å². The van der Waals surface area contributed by atoms with Crippen molar-refractivity contribution >= 4 is 17.8 Å². The molecular formula is C16H21N5O3. The lowest BCUT2D eigenvalue weighted by Crippen LogP contribution is -2.30. The van der Waals surface area contributed by atoms with Crippen LogP contribution >= 0.6 is 0 Å². The number of carbonyl (C=O) groups is 2. The number of benzene rings is 1. The van der Waals surface area contributed by atoms with Crippen molar-refractivity contribution in [1.29, 1.82) is 0 Å². The van der Waals surface area contributed by atoms with Crippen LogP contribution in [0.15, 0.2) is 30.5 Å². The summed E-state index contributed by atoms with van der Waals surface area (Å²) in [4.78, 5) is 24.3. The second kappa shape index (κ2) is 8.66. The highest BCUT2D eigenvalue weighted by atomic mass is 16.5. The van der Waals surface area contributed by atoms with Gasteiger partial charge in [-0.2, -0.15) is 9.90 Å². The molecule has 2 amide bonds. The second-order valence-electron chi connectivity index (χ2n) is 5.19. The van der Waals surface area contributed by atoms with Gasteiger partial charge in [0.1, 0.15) is 6.54 Å². The van der Waals surface area contributed by atoms with Crippen molar-refractivity contribution in [3.63, 3.8) is 0 Å². The average Bonchev–Trinajstić information content (AvgIpc) is 2.96. The molecule has 0 bridgehead atoms. The van der Waals surface area contributed by atoms with Crippen molar-refractivity contribution in [2.75, 3.05) is 18.5 Å². The highest BCUT2D eigenvalue weighted by molar-refractivity contribution is 5.83. The zero-order chi connectivity index (χ0) is 17.4. The van der Waals surface area contributed by atoms with Gasteiger partial charge < -0.3 is 10.1 Å².